The topological polar surface area (TPSA) is 58.1 Å². The molecular formula is C13H11N3OS. The Labute approximate surface area is 108 Å². The highest BCUT2D eigenvalue weighted by atomic mass is 32.1. The second kappa shape index (κ2) is 4.98. The molecule has 0 aliphatic carbocycles. The molecule has 2 heterocycles. The van der Waals surface area contributed by atoms with Crippen LogP contribution in [0.5, 0.6) is 0 Å². The van der Waals surface area contributed by atoms with E-state index in [4.69, 9.17) is 5.26 Å². The van der Waals surface area contributed by atoms with Crippen LogP contribution in [-0.2, 0) is 0 Å². The van der Waals surface area contributed by atoms with Crippen molar-refractivity contribution in [2.75, 3.05) is 0 Å². The summed E-state index contributed by atoms with van der Waals surface area (Å²) in [5.41, 5.74) is 1.17. The van der Waals surface area contributed by atoms with Gasteiger partial charge in [0.15, 0.2) is 0 Å². The van der Waals surface area contributed by atoms with Gasteiger partial charge in [-0.2, -0.15) is 10.4 Å². The number of hydrogen-bond acceptors (Lipinski definition) is 4. The van der Waals surface area contributed by atoms with E-state index in [1.165, 1.54) is 16.0 Å². The third-order valence-corrected chi connectivity index (χ3v) is 3.32. The molecular weight excluding hydrogens is 246 g/mol. The fourth-order valence-electron chi connectivity index (χ4n) is 1.64. The third kappa shape index (κ3) is 2.24. The minimum atomic E-state index is -0.372. The van der Waals surface area contributed by atoms with Crippen LogP contribution in [0.15, 0.2) is 33.5 Å². The van der Waals surface area contributed by atoms with Gasteiger partial charge in [-0.15, -0.1) is 11.3 Å². The Hall–Kier alpha value is -2.19. The first-order chi connectivity index (χ1) is 8.63. The predicted octanol–water partition coefficient (Wildman–Crippen LogP) is 2.28. The maximum Gasteiger partial charge on any atom is 0.289 e. The molecule has 5 heteroatoms. The lowest BCUT2D eigenvalue weighted by atomic mass is 10.1. The second-order valence-electron chi connectivity index (χ2n) is 3.83. The molecule has 0 spiro atoms. The smallest absolute Gasteiger partial charge is 0.266 e. The van der Waals surface area contributed by atoms with E-state index in [0.29, 0.717) is 11.3 Å². The highest BCUT2D eigenvalue weighted by molar-refractivity contribution is 7.11. The SMILES string of the molecule is Cc1cc(C)n(/N=C/c2cccs2)c(=O)c1C#N. The maximum absolute atomic E-state index is 12.0. The molecule has 0 bridgehead atoms. The average molecular weight is 257 g/mol. The van der Waals surface area contributed by atoms with E-state index in [0.717, 1.165) is 4.88 Å². The normalized spacial score (nSPS) is 10.7. The number of hydrogen-bond donors (Lipinski definition) is 0. The Bertz CT molecular complexity index is 690. The van der Waals surface area contributed by atoms with Crippen molar-refractivity contribution in [2.45, 2.75) is 13.8 Å². The summed E-state index contributed by atoms with van der Waals surface area (Å²) in [5.74, 6) is 0. The van der Waals surface area contributed by atoms with Crippen molar-refractivity contribution in [3.63, 3.8) is 0 Å². The highest BCUT2D eigenvalue weighted by Crippen LogP contribution is 2.07. The largest absolute Gasteiger partial charge is 0.289 e. The van der Waals surface area contributed by atoms with Crippen molar-refractivity contribution >= 4 is 17.6 Å². The molecule has 0 aliphatic rings. The van der Waals surface area contributed by atoms with Gasteiger partial charge < -0.3 is 0 Å². The number of aromatic nitrogens is 1. The van der Waals surface area contributed by atoms with Gasteiger partial charge in [-0.3, -0.25) is 4.79 Å². The number of aryl methyl sites for hydroxylation is 2. The molecule has 0 amide bonds. The fourth-order valence-corrected chi connectivity index (χ4v) is 2.22. The summed E-state index contributed by atoms with van der Waals surface area (Å²) in [6.07, 6.45) is 1.62. The average Bonchev–Trinajstić information content (AvgIpc) is 2.81. The van der Waals surface area contributed by atoms with Crippen LogP contribution in [0.4, 0.5) is 0 Å². The Kier molecular flexibility index (Phi) is 3.40. The van der Waals surface area contributed by atoms with Gasteiger partial charge in [0.2, 0.25) is 0 Å². The van der Waals surface area contributed by atoms with Crippen molar-refractivity contribution in [3.05, 3.63) is 55.6 Å². The first kappa shape index (κ1) is 12.3. The summed E-state index contributed by atoms with van der Waals surface area (Å²) in [6, 6.07) is 7.53. The molecule has 18 heavy (non-hydrogen) atoms. The minimum Gasteiger partial charge on any atom is -0.266 e. The van der Waals surface area contributed by atoms with E-state index in [9.17, 15) is 4.79 Å². The van der Waals surface area contributed by atoms with E-state index >= 15 is 0 Å². The molecule has 0 N–H and O–H groups in total. The molecule has 0 saturated carbocycles. The van der Waals surface area contributed by atoms with Crippen molar-refractivity contribution in [1.82, 2.24) is 4.68 Å². The van der Waals surface area contributed by atoms with Crippen molar-refractivity contribution in [2.24, 2.45) is 5.10 Å². The lowest BCUT2D eigenvalue weighted by molar-refractivity contribution is 0.787. The standard InChI is InChI=1S/C13H11N3OS/c1-9-6-10(2)16(13(17)12(9)7-14)15-8-11-4-3-5-18-11/h3-6,8H,1-2H3/b15-8+. The Morgan fingerprint density at radius 2 is 2.28 bits per heavy atom. The zero-order valence-corrected chi connectivity index (χ0v) is 10.9. The minimum absolute atomic E-state index is 0.143. The van der Waals surface area contributed by atoms with Gasteiger partial charge in [-0.05, 0) is 36.9 Å². The van der Waals surface area contributed by atoms with Gasteiger partial charge in [0.05, 0.1) is 6.21 Å². The third-order valence-electron chi connectivity index (χ3n) is 2.52. The zero-order chi connectivity index (χ0) is 13.1. The van der Waals surface area contributed by atoms with E-state index in [1.54, 1.807) is 26.1 Å². The van der Waals surface area contributed by atoms with Crippen molar-refractivity contribution in [1.29, 1.82) is 5.26 Å². The van der Waals surface area contributed by atoms with Gasteiger partial charge in [-0.1, -0.05) is 6.07 Å². The van der Waals surface area contributed by atoms with Gasteiger partial charge in [0.25, 0.3) is 5.56 Å². The molecule has 4 nitrogen and oxygen atoms in total. The lowest BCUT2D eigenvalue weighted by Gasteiger charge is -2.05. The van der Waals surface area contributed by atoms with Gasteiger partial charge in [0.1, 0.15) is 11.6 Å². The molecule has 0 unspecified atom stereocenters. The molecule has 2 rings (SSSR count). The van der Waals surface area contributed by atoms with E-state index in [-0.39, 0.29) is 11.1 Å². The molecule has 0 saturated heterocycles. The predicted molar refractivity (Wildman–Crippen MR) is 72.2 cm³/mol. The Morgan fingerprint density at radius 3 is 2.89 bits per heavy atom. The van der Waals surface area contributed by atoms with Crippen LogP contribution in [-0.4, -0.2) is 10.9 Å². The van der Waals surface area contributed by atoms with Crippen LogP contribution in [0, 0.1) is 25.2 Å². The molecule has 0 radical (unpaired) electrons. The van der Waals surface area contributed by atoms with Gasteiger partial charge >= 0.3 is 0 Å². The van der Waals surface area contributed by atoms with Crippen LogP contribution in [0.3, 0.4) is 0 Å². The van der Waals surface area contributed by atoms with E-state index in [1.807, 2.05) is 23.6 Å². The van der Waals surface area contributed by atoms with Crippen molar-refractivity contribution < 1.29 is 0 Å². The summed E-state index contributed by atoms with van der Waals surface area (Å²) >= 11 is 1.54. The summed E-state index contributed by atoms with van der Waals surface area (Å²) in [5, 5.41) is 15.0. The molecule has 0 fully saturated rings. The van der Waals surface area contributed by atoms with Crippen LogP contribution in [0.2, 0.25) is 0 Å². The number of nitrogens with zero attached hydrogens (tertiary/aromatic N) is 3. The molecule has 0 atom stereocenters. The quantitative estimate of drug-likeness (QED) is 0.775. The Balaban J connectivity index is 2.53. The molecule has 90 valence electrons. The van der Waals surface area contributed by atoms with Crippen LogP contribution < -0.4 is 5.56 Å². The van der Waals surface area contributed by atoms with Gasteiger partial charge in [0, 0.05) is 10.6 Å². The van der Waals surface area contributed by atoms with Gasteiger partial charge in [-0.25, -0.2) is 4.68 Å². The number of pyridine rings is 1. The molecule has 0 aromatic carbocycles. The molecule has 0 aliphatic heterocycles. The first-order valence-electron chi connectivity index (χ1n) is 5.34. The Morgan fingerprint density at radius 1 is 1.50 bits per heavy atom. The number of rotatable bonds is 2. The van der Waals surface area contributed by atoms with E-state index in [2.05, 4.69) is 5.10 Å². The second-order valence-corrected chi connectivity index (χ2v) is 4.81. The van der Waals surface area contributed by atoms with Crippen LogP contribution in [0.25, 0.3) is 0 Å². The number of thiophene rings is 1. The van der Waals surface area contributed by atoms with Crippen LogP contribution >= 0.6 is 11.3 Å². The highest BCUT2D eigenvalue weighted by Gasteiger charge is 2.08. The first-order valence-corrected chi connectivity index (χ1v) is 6.22. The number of nitriles is 1. The summed E-state index contributed by atoms with van der Waals surface area (Å²) < 4.78 is 1.26. The fraction of sp³-hybridized carbons (Fsp3) is 0.154. The summed E-state index contributed by atoms with van der Waals surface area (Å²) in [6.45, 7) is 3.54. The lowest BCUT2D eigenvalue weighted by Crippen LogP contribution is -2.22. The molecule has 2 aromatic heterocycles. The van der Waals surface area contributed by atoms with E-state index < -0.39 is 0 Å². The maximum atomic E-state index is 12.0. The zero-order valence-electron chi connectivity index (χ0n) is 10.0. The summed E-state index contributed by atoms with van der Waals surface area (Å²) in [4.78, 5) is 13.0. The monoisotopic (exact) mass is 257 g/mol. The molecule has 2 aromatic rings. The van der Waals surface area contributed by atoms with Crippen molar-refractivity contribution in [3.8, 4) is 6.07 Å². The van der Waals surface area contributed by atoms with Crippen LogP contribution in [0.1, 0.15) is 21.7 Å². The summed E-state index contributed by atoms with van der Waals surface area (Å²) in [7, 11) is 0.